The third-order valence-corrected chi connectivity index (χ3v) is 5.98. The number of nitrogens with one attached hydrogen (secondary N) is 1. The average Bonchev–Trinajstić information content (AvgIpc) is 2.74. The molecule has 1 aromatic rings. The molecule has 0 radical (unpaired) electrons. The normalized spacial score (nSPS) is 20.2. The molecule has 2 rings (SSSR count). The van der Waals surface area contributed by atoms with Gasteiger partial charge in [0.15, 0.2) is 9.84 Å². The Kier molecular flexibility index (Phi) is 4.41. The number of hydrogen-bond donors (Lipinski definition) is 2. The molecule has 116 valence electrons. The van der Waals surface area contributed by atoms with Gasteiger partial charge in [-0.25, -0.2) is 8.42 Å². The summed E-state index contributed by atoms with van der Waals surface area (Å²) in [5.41, 5.74) is 7.43. The lowest BCUT2D eigenvalue weighted by atomic mass is 10.1. The molecule has 0 aliphatic carbocycles. The topological polar surface area (TPSA) is 92.5 Å². The molecule has 7 heteroatoms. The molecule has 0 spiro atoms. The lowest BCUT2D eigenvalue weighted by molar-refractivity contribution is 0.0954. The second-order valence-corrected chi connectivity index (χ2v) is 7.91. The Morgan fingerprint density at radius 3 is 2.71 bits per heavy atom. The van der Waals surface area contributed by atoms with E-state index in [0.29, 0.717) is 24.1 Å². The highest BCUT2D eigenvalue weighted by atomic mass is 32.2. The monoisotopic (exact) mass is 311 g/mol. The van der Waals surface area contributed by atoms with Crippen molar-refractivity contribution in [3.63, 3.8) is 0 Å². The van der Waals surface area contributed by atoms with Crippen molar-refractivity contribution in [3.05, 3.63) is 23.8 Å². The fraction of sp³-hybridized carbons (Fsp3) is 0.500. The van der Waals surface area contributed by atoms with Crippen LogP contribution in [0.4, 0.5) is 11.4 Å². The van der Waals surface area contributed by atoms with E-state index in [-0.39, 0.29) is 18.2 Å². The van der Waals surface area contributed by atoms with Crippen molar-refractivity contribution in [1.82, 2.24) is 5.32 Å². The van der Waals surface area contributed by atoms with E-state index in [2.05, 4.69) is 5.32 Å². The minimum atomic E-state index is -3.05. The highest BCUT2D eigenvalue weighted by Gasteiger charge is 2.31. The van der Waals surface area contributed by atoms with Crippen molar-refractivity contribution in [3.8, 4) is 0 Å². The quantitative estimate of drug-likeness (QED) is 0.796. The van der Waals surface area contributed by atoms with Gasteiger partial charge in [-0.3, -0.25) is 4.79 Å². The molecular formula is C14H21N3O3S. The fourth-order valence-corrected chi connectivity index (χ4v) is 4.28. The molecule has 1 heterocycles. The first-order valence-corrected chi connectivity index (χ1v) is 8.59. The predicted molar refractivity (Wildman–Crippen MR) is 84.3 cm³/mol. The van der Waals surface area contributed by atoms with Crippen molar-refractivity contribution in [2.75, 3.05) is 37.0 Å². The van der Waals surface area contributed by atoms with Crippen LogP contribution < -0.4 is 16.0 Å². The summed E-state index contributed by atoms with van der Waals surface area (Å²) < 4.78 is 23.5. The third-order valence-electron chi connectivity index (χ3n) is 3.70. The maximum Gasteiger partial charge on any atom is 0.253 e. The molecule has 1 saturated heterocycles. The molecule has 21 heavy (non-hydrogen) atoms. The summed E-state index contributed by atoms with van der Waals surface area (Å²) in [6, 6.07) is 5.11. The maximum atomic E-state index is 12.3. The van der Waals surface area contributed by atoms with Gasteiger partial charge in [0.1, 0.15) is 0 Å². The number of sulfone groups is 1. The fourth-order valence-electron chi connectivity index (χ4n) is 2.51. The summed E-state index contributed by atoms with van der Waals surface area (Å²) in [6.07, 6.45) is 1.28. The summed E-state index contributed by atoms with van der Waals surface area (Å²) in [4.78, 5) is 14.1. The first-order valence-electron chi connectivity index (χ1n) is 6.88. The molecule has 6 nitrogen and oxygen atoms in total. The molecule has 1 aliphatic heterocycles. The second kappa shape index (κ2) is 5.93. The zero-order chi connectivity index (χ0) is 15.6. The zero-order valence-electron chi connectivity index (χ0n) is 12.3. The Labute approximate surface area is 125 Å². The number of carbonyl (C=O) groups excluding carboxylic acids is 1. The minimum absolute atomic E-state index is 0.156. The van der Waals surface area contributed by atoms with Crippen molar-refractivity contribution >= 4 is 27.1 Å². The van der Waals surface area contributed by atoms with E-state index >= 15 is 0 Å². The number of rotatable bonds is 4. The van der Waals surface area contributed by atoms with Gasteiger partial charge in [-0.1, -0.05) is 0 Å². The van der Waals surface area contributed by atoms with Crippen LogP contribution in [0.15, 0.2) is 18.2 Å². The molecule has 1 fully saturated rings. The zero-order valence-corrected chi connectivity index (χ0v) is 13.1. The molecule has 1 unspecified atom stereocenters. The van der Waals surface area contributed by atoms with Gasteiger partial charge in [0.05, 0.1) is 16.6 Å². The Bertz CT molecular complexity index is 641. The number of amides is 1. The van der Waals surface area contributed by atoms with Gasteiger partial charge >= 0.3 is 0 Å². The molecular weight excluding hydrogens is 290 g/mol. The average molecular weight is 311 g/mol. The molecule has 1 amide bonds. The van der Waals surface area contributed by atoms with Crippen molar-refractivity contribution in [2.45, 2.75) is 18.1 Å². The molecule has 1 aliphatic rings. The first kappa shape index (κ1) is 15.6. The van der Waals surface area contributed by atoms with Gasteiger partial charge in [-0.05, 0) is 31.0 Å². The van der Waals surface area contributed by atoms with Gasteiger partial charge in [-0.15, -0.1) is 0 Å². The molecule has 3 N–H and O–H groups in total. The molecule has 0 saturated carbocycles. The largest absolute Gasteiger partial charge is 0.399 e. The van der Waals surface area contributed by atoms with Gasteiger partial charge in [0.2, 0.25) is 0 Å². The van der Waals surface area contributed by atoms with Crippen LogP contribution in [0.25, 0.3) is 0 Å². The van der Waals surface area contributed by atoms with E-state index in [9.17, 15) is 13.2 Å². The predicted octanol–water partition coefficient (Wildman–Crippen LogP) is 0.642. The van der Waals surface area contributed by atoms with E-state index in [0.717, 1.165) is 5.69 Å². The second-order valence-electron chi connectivity index (χ2n) is 5.51. The Balaban J connectivity index is 2.12. The van der Waals surface area contributed by atoms with Crippen LogP contribution in [-0.4, -0.2) is 46.0 Å². The van der Waals surface area contributed by atoms with Gasteiger partial charge in [0.25, 0.3) is 5.91 Å². The van der Waals surface area contributed by atoms with Crippen molar-refractivity contribution in [2.24, 2.45) is 0 Å². The number of hydrogen-bond acceptors (Lipinski definition) is 5. The summed E-state index contributed by atoms with van der Waals surface area (Å²) in [5, 5.41) is 2.25. The first-order chi connectivity index (χ1) is 9.81. The summed E-state index contributed by atoms with van der Waals surface area (Å²) in [6.45, 7) is 0.156. The molecule has 0 bridgehead atoms. The van der Waals surface area contributed by atoms with Crippen LogP contribution in [0.3, 0.4) is 0 Å². The minimum Gasteiger partial charge on any atom is -0.399 e. The van der Waals surface area contributed by atoms with E-state index in [4.69, 9.17) is 5.73 Å². The summed E-state index contributed by atoms with van der Waals surface area (Å²) >= 11 is 0. The lowest BCUT2D eigenvalue weighted by Crippen LogP contribution is -2.35. The van der Waals surface area contributed by atoms with E-state index in [1.807, 2.05) is 19.0 Å². The summed E-state index contributed by atoms with van der Waals surface area (Å²) in [7, 11) is 0.625. The van der Waals surface area contributed by atoms with Crippen LogP contribution >= 0.6 is 0 Å². The van der Waals surface area contributed by atoms with Gasteiger partial charge in [0, 0.05) is 32.0 Å². The highest BCUT2D eigenvalue weighted by molar-refractivity contribution is 7.92. The Hall–Kier alpha value is -1.76. The number of anilines is 2. The number of nitrogens with two attached hydrogens (primary N) is 1. The van der Waals surface area contributed by atoms with Gasteiger partial charge in [-0.2, -0.15) is 0 Å². The Morgan fingerprint density at radius 2 is 2.14 bits per heavy atom. The van der Waals surface area contributed by atoms with Crippen LogP contribution in [0.5, 0.6) is 0 Å². The number of benzene rings is 1. The van der Waals surface area contributed by atoms with Crippen LogP contribution in [0.1, 0.15) is 23.2 Å². The molecule has 0 aromatic heterocycles. The standard InChI is InChI=1S/C14H21N3O3S/c1-17(2)13-6-5-10(15)8-12(13)14(18)16-9-11-4-3-7-21(11,19)20/h5-6,8,11H,3-4,7,9,15H2,1-2H3,(H,16,18). The van der Waals surface area contributed by atoms with Crippen molar-refractivity contribution < 1.29 is 13.2 Å². The summed E-state index contributed by atoms with van der Waals surface area (Å²) in [5.74, 6) is -0.0810. The Morgan fingerprint density at radius 1 is 1.43 bits per heavy atom. The van der Waals surface area contributed by atoms with E-state index < -0.39 is 15.1 Å². The molecule has 1 atom stereocenters. The maximum absolute atomic E-state index is 12.3. The number of nitrogens with zero attached hydrogens (tertiary/aromatic N) is 1. The van der Waals surface area contributed by atoms with Crippen LogP contribution in [0.2, 0.25) is 0 Å². The van der Waals surface area contributed by atoms with E-state index in [1.54, 1.807) is 18.2 Å². The van der Waals surface area contributed by atoms with Crippen LogP contribution in [0, 0.1) is 0 Å². The molecule has 1 aromatic carbocycles. The van der Waals surface area contributed by atoms with E-state index in [1.165, 1.54) is 0 Å². The van der Waals surface area contributed by atoms with Crippen LogP contribution in [-0.2, 0) is 9.84 Å². The highest BCUT2D eigenvalue weighted by Crippen LogP contribution is 2.22. The number of nitrogen functional groups attached to an aromatic ring is 1. The van der Waals surface area contributed by atoms with Crippen molar-refractivity contribution in [1.29, 1.82) is 0 Å². The third kappa shape index (κ3) is 3.47. The van der Waals surface area contributed by atoms with Gasteiger partial charge < -0.3 is 16.0 Å². The smallest absolute Gasteiger partial charge is 0.253 e. The SMILES string of the molecule is CN(C)c1ccc(N)cc1C(=O)NCC1CCCS1(=O)=O. The number of carbonyl (C=O) groups is 1. The lowest BCUT2D eigenvalue weighted by Gasteiger charge is -2.18.